The standard InChI is InChI=1S/C14H15NO4/c1-8(2)5-6-15-11-4-3-9(14(18)19)7-10(11)12(16)13(15)17/h3-4,7-8H,5-6H2,1-2H3,(H,18,19). The highest BCUT2D eigenvalue weighted by Gasteiger charge is 2.35. The molecule has 0 saturated carbocycles. The molecule has 1 aromatic carbocycles. The van der Waals surface area contributed by atoms with Gasteiger partial charge in [0.1, 0.15) is 0 Å². The summed E-state index contributed by atoms with van der Waals surface area (Å²) in [5.74, 6) is -1.88. The molecule has 1 aromatic rings. The molecule has 5 heteroatoms. The molecule has 100 valence electrons. The van der Waals surface area contributed by atoms with E-state index in [0.29, 0.717) is 18.2 Å². The number of fused-ring (bicyclic) bond motifs is 1. The minimum Gasteiger partial charge on any atom is -0.478 e. The van der Waals surface area contributed by atoms with Gasteiger partial charge in [0.15, 0.2) is 0 Å². The van der Waals surface area contributed by atoms with Crippen LogP contribution in [0, 0.1) is 5.92 Å². The molecule has 0 aromatic heterocycles. The Morgan fingerprint density at radius 2 is 2.00 bits per heavy atom. The number of anilines is 1. The second-order valence-corrected chi connectivity index (χ2v) is 5.01. The van der Waals surface area contributed by atoms with Crippen LogP contribution in [0.1, 0.15) is 41.0 Å². The molecular formula is C14H15NO4. The zero-order valence-corrected chi connectivity index (χ0v) is 10.8. The van der Waals surface area contributed by atoms with Crippen molar-refractivity contribution in [3.8, 4) is 0 Å². The minimum atomic E-state index is -1.11. The number of carboxylic acid groups (broad SMARTS) is 1. The van der Waals surface area contributed by atoms with Gasteiger partial charge in [-0.15, -0.1) is 0 Å². The van der Waals surface area contributed by atoms with Gasteiger partial charge in [-0.1, -0.05) is 13.8 Å². The van der Waals surface area contributed by atoms with Crippen molar-refractivity contribution in [1.29, 1.82) is 0 Å². The molecule has 1 heterocycles. The van der Waals surface area contributed by atoms with Gasteiger partial charge >= 0.3 is 5.97 Å². The van der Waals surface area contributed by atoms with Crippen molar-refractivity contribution in [2.75, 3.05) is 11.4 Å². The third-order valence-electron chi connectivity index (χ3n) is 3.15. The van der Waals surface area contributed by atoms with E-state index in [1.165, 1.54) is 23.1 Å². The van der Waals surface area contributed by atoms with E-state index in [4.69, 9.17) is 5.11 Å². The van der Waals surface area contributed by atoms with Crippen molar-refractivity contribution in [2.24, 2.45) is 5.92 Å². The number of hydrogen-bond acceptors (Lipinski definition) is 3. The number of ketones is 1. The summed E-state index contributed by atoms with van der Waals surface area (Å²) in [6.45, 7) is 4.55. The van der Waals surface area contributed by atoms with E-state index < -0.39 is 17.7 Å². The molecular weight excluding hydrogens is 246 g/mol. The van der Waals surface area contributed by atoms with Crippen LogP contribution in [0.2, 0.25) is 0 Å². The van der Waals surface area contributed by atoms with Crippen molar-refractivity contribution in [3.63, 3.8) is 0 Å². The highest BCUT2D eigenvalue weighted by molar-refractivity contribution is 6.52. The van der Waals surface area contributed by atoms with Gasteiger partial charge < -0.3 is 10.0 Å². The number of Topliss-reactive ketones (excluding diaryl/α,β-unsaturated/α-hetero) is 1. The molecule has 5 nitrogen and oxygen atoms in total. The number of carbonyl (C=O) groups excluding carboxylic acids is 2. The van der Waals surface area contributed by atoms with Crippen LogP contribution < -0.4 is 4.90 Å². The highest BCUT2D eigenvalue weighted by Crippen LogP contribution is 2.30. The maximum absolute atomic E-state index is 11.9. The van der Waals surface area contributed by atoms with E-state index in [-0.39, 0.29) is 11.1 Å². The molecule has 2 rings (SSSR count). The molecule has 1 N–H and O–H groups in total. The van der Waals surface area contributed by atoms with E-state index in [9.17, 15) is 14.4 Å². The van der Waals surface area contributed by atoms with E-state index in [1.807, 2.05) is 13.8 Å². The summed E-state index contributed by atoms with van der Waals surface area (Å²) < 4.78 is 0. The molecule has 19 heavy (non-hydrogen) atoms. The molecule has 0 saturated heterocycles. The van der Waals surface area contributed by atoms with Crippen molar-refractivity contribution in [2.45, 2.75) is 20.3 Å². The molecule has 0 spiro atoms. The van der Waals surface area contributed by atoms with Crippen LogP contribution in [0.25, 0.3) is 0 Å². The minimum absolute atomic E-state index is 0.0191. The molecule has 1 aliphatic rings. The first kappa shape index (κ1) is 13.3. The summed E-state index contributed by atoms with van der Waals surface area (Å²) in [6.07, 6.45) is 0.791. The highest BCUT2D eigenvalue weighted by atomic mass is 16.4. The number of rotatable bonds is 4. The fourth-order valence-corrected chi connectivity index (χ4v) is 2.04. The van der Waals surface area contributed by atoms with Crippen LogP contribution in [0.5, 0.6) is 0 Å². The van der Waals surface area contributed by atoms with Gasteiger partial charge in [-0.3, -0.25) is 9.59 Å². The normalized spacial score (nSPS) is 14.2. The Kier molecular flexibility index (Phi) is 3.38. The number of carbonyl (C=O) groups is 3. The maximum atomic E-state index is 11.9. The third-order valence-corrected chi connectivity index (χ3v) is 3.15. The Balaban J connectivity index is 2.36. The second-order valence-electron chi connectivity index (χ2n) is 5.01. The first-order valence-electron chi connectivity index (χ1n) is 6.15. The van der Waals surface area contributed by atoms with Gasteiger partial charge in [-0.2, -0.15) is 0 Å². The van der Waals surface area contributed by atoms with Crippen molar-refractivity contribution < 1.29 is 19.5 Å². The Morgan fingerprint density at radius 1 is 1.32 bits per heavy atom. The lowest BCUT2D eigenvalue weighted by molar-refractivity contribution is -0.114. The lowest BCUT2D eigenvalue weighted by Crippen LogP contribution is -2.31. The fraction of sp³-hybridized carbons (Fsp3) is 0.357. The predicted octanol–water partition coefficient (Wildman–Crippen LogP) is 1.96. The van der Waals surface area contributed by atoms with Crippen molar-refractivity contribution in [3.05, 3.63) is 29.3 Å². The van der Waals surface area contributed by atoms with Crippen molar-refractivity contribution >= 4 is 23.3 Å². The summed E-state index contributed by atoms with van der Waals surface area (Å²) in [5.41, 5.74) is 0.722. The fourth-order valence-electron chi connectivity index (χ4n) is 2.04. The molecule has 0 radical (unpaired) electrons. The van der Waals surface area contributed by atoms with Gasteiger partial charge in [0.05, 0.1) is 16.8 Å². The van der Waals surface area contributed by atoms with Crippen LogP contribution in [0.15, 0.2) is 18.2 Å². The molecule has 0 unspecified atom stereocenters. The monoisotopic (exact) mass is 261 g/mol. The van der Waals surface area contributed by atoms with Gasteiger partial charge in [0.2, 0.25) is 0 Å². The smallest absolute Gasteiger partial charge is 0.335 e. The Labute approximate surface area is 110 Å². The number of hydrogen-bond donors (Lipinski definition) is 1. The van der Waals surface area contributed by atoms with E-state index in [2.05, 4.69) is 0 Å². The van der Waals surface area contributed by atoms with Gasteiger partial charge in [0.25, 0.3) is 11.7 Å². The van der Waals surface area contributed by atoms with Crippen LogP contribution in [0.4, 0.5) is 5.69 Å². The molecule has 1 aliphatic heterocycles. The Morgan fingerprint density at radius 3 is 2.58 bits per heavy atom. The molecule has 0 bridgehead atoms. The largest absolute Gasteiger partial charge is 0.478 e. The van der Waals surface area contributed by atoms with E-state index in [1.54, 1.807) is 0 Å². The van der Waals surface area contributed by atoms with Crippen LogP contribution in [-0.4, -0.2) is 29.3 Å². The van der Waals surface area contributed by atoms with Gasteiger partial charge in [-0.05, 0) is 30.5 Å². The van der Waals surface area contributed by atoms with Crippen LogP contribution in [0.3, 0.4) is 0 Å². The lowest BCUT2D eigenvalue weighted by atomic mass is 10.1. The van der Waals surface area contributed by atoms with Gasteiger partial charge in [0, 0.05) is 6.54 Å². The topological polar surface area (TPSA) is 74.7 Å². The SMILES string of the molecule is CC(C)CCN1C(=O)C(=O)c2cc(C(=O)O)ccc21. The third kappa shape index (κ3) is 2.36. The Hall–Kier alpha value is -2.17. The number of carboxylic acids is 1. The van der Waals surface area contributed by atoms with E-state index >= 15 is 0 Å². The Bertz CT molecular complexity index is 563. The molecule has 0 fully saturated rings. The van der Waals surface area contributed by atoms with Crippen LogP contribution in [-0.2, 0) is 4.79 Å². The molecule has 0 atom stereocenters. The predicted molar refractivity (Wildman–Crippen MR) is 69.5 cm³/mol. The average Bonchev–Trinajstić information content (AvgIpc) is 2.59. The summed E-state index contributed by atoms with van der Waals surface area (Å²) in [4.78, 5) is 36.0. The molecule has 1 amide bonds. The van der Waals surface area contributed by atoms with E-state index in [0.717, 1.165) is 6.42 Å². The second kappa shape index (κ2) is 4.84. The first-order chi connectivity index (χ1) is 8.91. The zero-order valence-electron chi connectivity index (χ0n) is 10.8. The quantitative estimate of drug-likeness (QED) is 0.841. The van der Waals surface area contributed by atoms with Crippen molar-refractivity contribution in [1.82, 2.24) is 0 Å². The maximum Gasteiger partial charge on any atom is 0.335 e. The average molecular weight is 261 g/mol. The lowest BCUT2D eigenvalue weighted by Gasteiger charge is -2.17. The first-order valence-corrected chi connectivity index (χ1v) is 6.15. The molecule has 0 aliphatic carbocycles. The number of amides is 1. The summed E-state index contributed by atoms with van der Waals surface area (Å²) in [6, 6.07) is 4.21. The van der Waals surface area contributed by atoms with Crippen LogP contribution >= 0.6 is 0 Å². The number of nitrogens with zero attached hydrogens (tertiary/aromatic N) is 1. The summed E-state index contributed by atoms with van der Waals surface area (Å²) in [7, 11) is 0. The summed E-state index contributed by atoms with van der Waals surface area (Å²) in [5, 5.41) is 8.90. The summed E-state index contributed by atoms with van der Waals surface area (Å²) >= 11 is 0. The number of benzene rings is 1. The zero-order chi connectivity index (χ0) is 14.2. The number of aromatic carboxylic acids is 1. The van der Waals surface area contributed by atoms with Gasteiger partial charge in [-0.25, -0.2) is 4.79 Å².